The first-order chi connectivity index (χ1) is 27.3. The van der Waals surface area contributed by atoms with Gasteiger partial charge in [-0.1, -0.05) is 85.0 Å². The van der Waals surface area contributed by atoms with E-state index in [9.17, 15) is 0 Å². The van der Waals surface area contributed by atoms with E-state index >= 15 is 0 Å². The molecule has 0 radical (unpaired) electrons. The molecular formula is C50H42N4O. The molecule has 55 heavy (non-hydrogen) atoms. The lowest BCUT2D eigenvalue weighted by Gasteiger charge is -2.30. The zero-order chi connectivity index (χ0) is 36.0. The number of anilines is 1. The Morgan fingerprint density at radius 3 is 2.33 bits per heavy atom. The molecule has 6 aliphatic rings. The number of allylic oxidation sites excluding steroid dienone is 8. The second-order valence-corrected chi connectivity index (χ2v) is 15.9. The first kappa shape index (κ1) is 31.3. The number of benzene rings is 3. The van der Waals surface area contributed by atoms with Gasteiger partial charge in [-0.05, 0) is 105 Å². The number of furan rings is 1. The average Bonchev–Trinajstić information content (AvgIpc) is 3.90. The van der Waals surface area contributed by atoms with Gasteiger partial charge in [0.05, 0.1) is 11.8 Å². The van der Waals surface area contributed by atoms with Gasteiger partial charge in [0.1, 0.15) is 11.3 Å². The summed E-state index contributed by atoms with van der Waals surface area (Å²) < 4.78 is 11.5. The van der Waals surface area contributed by atoms with Crippen LogP contribution in [0.2, 0.25) is 0 Å². The lowest BCUT2D eigenvalue weighted by atomic mass is 9.84. The summed E-state index contributed by atoms with van der Waals surface area (Å²) in [4.78, 5) is 5.61. The normalized spacial score (nSPS) is 20.6. The van der Waals surface area contributed by atoms with Crippen LogP contribution >= 0.6 is 0 Å². The second-order valence-electron chi connectivity index (χ2n) is 15.9. The van der Waals surface area contributed by atoms with Crippen LogP contribution in [0, 0.1) is 0 Å². The molecule has 0 bridgehead atoms. The number of fused-ring (bicyclic) bond motifs is 10. The first-order valence-corrected chi connectivity index (χ1v) is 20.2. The zero-order valence-corrected chi connectivity index (χ0v) is 30.9. The van der Waals surface area contributed by atoms with Crippen molar-refractivity contribution in [3.63, 3.8) is 0 Å². The van der Waals surface area contributed by atoms with Crippen LogP contribution in [0.15, 0.2) is 124 Å². The minimum Gasteiger partial charge on any atom is -0.460 e. The average molecular weight is 715 g/mol. The van der Waals surface area contributed by atoms with Gasteiger partial charge >= 0.3 is 0 Å². The summed E-state index contributed by atoms with van der Waals surface area (Å²) >= 11 is 0. The Morgan fingerprint density at radius 2 is 1.44 bits per heavy atom. The zero-order valence-electron chi connectivity index (χ0n) is 30.9. The number of aryl methyl sites for hydroxylation is 1. The SMILES string of the molecule is C1=CCC(n2c3c(c4ccccc42)C=C(C2=Cc4c5c(n(C6N=C(c7ccc8oc9c(c8c7)C=CCC9)c7ccccc7N6)c4CC2)CCC=C5)CC3)C=C1. The molecule has 268 valence electrons. The van der Waals surface area contributed by atoms with Gasteiger partial charge in [-0.2, -0.15) is 0 Å². The summed E-state index contributed by atoms with van der Waals surface area (Å²) in [7, 11) is 0. The van der Waals surface area contributed by atoms with E-state index in [4.69, 9.17) is 9.41 Å². The third kappa shape index (κ3) is 4.81. The highest BCUT2D eigenvalue weighted by Gasteiger charge is 2.33. The molecule has 1 aliphatic heterocycles. The van der Waals surface area contributed by atoms with E-state index in [1.807, 2.05) is 0 Å². The topological polar surface area (TPSA) is 47.4 Å². The van der Waals surface area contributed by atoms with Crippen molar-refractivity contribution in [2.24, 2.45) is 4.99 Å². The molecule has 5 heteroatoms. The van der Waals surface area contributed by atoms with Gasteiger partial charge in [-0.25, -0.2) is 4.99 Å². The van der Waals surface area contributed by atoms with Gasteiger partial charge in [0, 0.05) is 78.9 Å². The summed E-state index contributed by atoms with van der Waals surface area (Å²) in [5.41, 5.74) is 19.4. The van der Waals surface area contributed by atoms with Crippen molar-refractivity contribution in [3.8, 4) is 0 Å². The van der Waals surface area contributed by atoms with Crippen LogP contribution in [0.5, 0.6) is 0 Å². The molecule has 4 heterocycles. The summed E-state index contributed by atoms with van der Waals surface area (Å²) in [6, 6.07) is 24.7. The molecule has 2 atom stereocenters. The van der Waals surface area contributed by atoms with Crippen LogP contribution in [0.1, 0.15) is 101 Å². The maximum atomic E-state index is 6.29. The molecule has 12 rings (SSSR count). The minimum absolute atomic E-state index is 0.232. The van der Waals surface area contributed by atoms with Crippen molar-refractivity contribution >= 4 is 57.6 Å². The maximum absolute atomic E-state index is 6.29. The Morgan fingerprint density at radius 1 is 0.655 bits per heavy atom. The van der Waals surface area contributed by atoms with Crippen LogP contribution in [0.4, 0.5) is 5.69 Å². The molecule has 6 aromatic rings. The maximum Gasteiger partial charge on any atom is 0.201 e. The van der Waals surface area contributed by atoms with Gasteiger partial charge in [0.2, 0.25) is 6.29 Å². The lowest BCUT2D eigenvalue weighted by molar-refractivity contribution is 0.537. The molecule has 0 saturated heterocycles. The van der Waals surface area contributed by atoms with E-state index in [0.29, 0.717) is 6.04 Å². The van der Waals surface area contributed by atoms with Crippen molar-refractivity contribution in [2.75, 3.05) is 5.32 Å². The number of hydrogen-bond acceptors (Lipinski definition) is 3. The molecule has 5 aliphatic carbocycles. The molecule has 5 nitrogen and oxygen atoms in total. The van der Waals surface area contributed by atoms with E-state index in [1.54, 1.807) is 0 Å². The molecule has 3 aromatic carbocycles. The van der Waals surface area contributed by atoms with Crippen molar-refractivity contribution in [3.05, 3.63) is 171 Å². The van der Waals surface area contributed by atoms with Crippen LogP contribution in [-0.4, -0.2) is 14.8 Å². The van der Waals surface area contributed by atoms with E-state index in [2.05, 4.69) is 142 Å². The monoisotopic (exact) mass is 714 g/mol. The fourth-order valence-electron chi connectivity index (χ4n) is 10.3. The summed E-state index contributed by atoms with van der Waals surface area (Å²) in [5, 5.41) is 6.44. The molecule has 0 fully saturated rings. The van der Waals surface area contributed by atoms with Gasteiger partial charge < -0.3 is 18.9 Å². The van der Waals surface area contributed by atoms with Crippen molar-refractivity contribution in [1.82, 2.24) is 9.13 Å². The minimum atomic E-state index is -0.232. The highest BCUT2D eigenvalue weighted by Crippen LogP contribution is 2.44. The van der Waals surface area contributed by atoms with E-state index in [0.717, 1.165) is 91.7 Å². The Bertz CT molecular complexity index is 2840. The van der Waals surface area contributed by atoms with Crippen LogP contribution < -0.4 is 5.32 Å². The van der Waals surface area contributed by atoms with Crippen LogP contribution in [0.3, 0.4) is 0 Å². The van der Waals surface area contributed by atoms with Gasteiger partial charge in [-0.3, -0.25) is 0 Å². The highest BCUT2D eigenvalue weighted by molar-refractivity contribution is 6.18. The van der Waals surface area contributed by atoms with Crippen LogP contribution in [-0.2, 0) is 25.7 Å². The number of aromatic nitrogens is 2. The fourth-order valence-corrected chi connectivity index (χ4v) is 10.3. The Balaban J connectivity index is 0.965. The quantitative estimate of drug-likeness (QED) is 0.198. The second kappa shape index (κ2) is 12.2. The lowest BCUT2D eigenvalue weighted by Crippen LogP contribution is -2.27. The number of nitrogens with one attached hydrogen (secondary N) is 1. The van der Waals surface area contributed by atoms with Gasteiger partial charge in [-0.15, -0.1) is 0 Å². The third-order valence-electron chi connectivity index (χ3n) is 12.8. The standard InChI is InChI=1S/C50H42N4O/c1-2-12-34(13-3-1)53-43-19-9-5-14-35(43)39-28-31(22-25-45(39)53)32-23-26-46-40(29-32)36-15-6-10-20-44(36)54(46)50-51-42-18-8-4-17-38(42)49(52-50)33-24-27-48-41(30-33)37-16-7-11-21-47(37)55-48/h1-9,12,14-19,24,27-30,34,50-51H,10-11,13,20-23,25-26H2. The number of para-hydroxylation sites is 2. The summed E-state index contributed by atoms with van der Waals surface area (Å²) in [5.74, 6) is 1.09. The molecule has 0 spiro atoms. The van der Waals surface area contributed by atoms with Crippen LogP contribution in [0.25, 0.3) is 46.2 Å². The Kier molecular flexibility index (Phi) is 6.96. The summed E-state index contributed by atoms with van der Waals surface area (Å²) in [6.07, 6.45) is 32.4. The molecule has 2 unspecified atom stereocenters. The number of rotatable bonds is 4. The first-order valence-electron chi connectivity index (χ1n) is 20.2. The fraction of sp³-hybridized carbons (Fsp3) is 0.220. The largest absolute Gasteiger partial charge is 0.460 e. The molecule has 0 amide bonds. The molecule has 1 N–H and O–H groups in total. The van der Waals surface area contributed by atoms with Crippen molar-refractivity contribution in [2.45, 2.75) is 70.1 Å². The third-order valence-corrected chi connectivity index (χ3v) is 12.8. The van der Waals surface area contributed by atoms with Crippen molar-refractivity contribution < 1.29 is 4.42 Å². The van der Waals surface area contributed by atoms with E-state index in [-0.39, 0.29) is 6.29 Å². The van der Waals surface area contributed by atoms with Crippen molar-refractivity contribution in [1.29, 1.82) is 0 Å². The van der Waals surface area contributed by atoms with E-state index in [1.165, 1.54) is 66.8 Å². The number of aliphatic imine (C=N–C) groups is 1. The summed E-state index contributed by atoms with van der Waals surface area (Å²) in [6.45, 7) is 0. The smallest absolute Gasteiger partial charge is 0.201 e. The predicted octanol–water partition coefficient (Wildman–Crippen LogP) is 11.9. The van der Waals surface area contributed by atoms with E-state index < -0.39 is 0 Å². The number of nitrogens with zero attached hydrogens (tertiary/aromatic N) is 3. The Hall–Kier alpha value is -6.07. The van der Waals surface area contributed by atoms with Gasteiger partial charge in [0.15, 0.2) is 0 Å². The predicted molar refractivity (Wildman–Crippen MR) is 227 cm³/mol. The molecule has 3 aromatic heterocycles. The Labute approximate surface area is 321 Å². The molecule has 0 saturated carbocycles. The van der Waals surface area contributed by atoms with Gasteiger partial charge in [0.25, 0.3) is 0 Å². The number of hydrogen-bond donors (Lipinski definition) is 1. The molecular weight excluding hydrogens is 673 g/mol. The highest BCUT2D eigenvalue weighted by atomic mass is 16.3.